The van der Waals surface area contributed by atoms with Gasteiger partial charge in [-0.15, -0.1) is 0 Å². The minimum atomic E-state index is 0.501. The molecular formula is C16H21N5OS. The molecule has 0 aliphatic heterocycles. The van der Waals surface area contributed by atoms with E-state index in [2.05, 4.69) is 26.1 Å². The summed E-state index contributed by atoms with van der Waals surface area (Å²) in [5.74, 6) is 1.36. The molecule has 6 nitrogen and oxygen atoms in total. The summed E-state index contributed by atoms with van der Waals surface area (Å²) in [6.07, 6.45) is 0.867. The van der Waals surface area contributed by atoms with Crippen molar-refractivity contribution in [2.45, 2.75) is 20.3 Å². The van der Waals surface area contributed by atoms with Crippen LogP contribution in [0.4, 0.5) is 5.95 Å². The summed E-state index contributed by atoms with van der Waals surface area (Å²) < 4.78 is 5.14. The molecule has 0 spiro atoms. The highest BCUT2D eigenvalue weighted by atomic mass is 32.1. The van der Waals surface area contributed by atoms with Crippen LogP contribution in [0.1, 0.15) is 17.0 Å². The van der Waals surface area contributed by atoms with Gasteiger partial charge in [0.2, 0.25) is 5.95 Å². The molecule has 1 heterocycles. The summed E-state index contributed by atoms with van der Waals surface area (Å²) >= 11 is 5.21. The largest absolute Gasteiger partial charge is 0.497 e. The Morgan fingerprint density at radius 2 is 1.78 bits per heavy atom. The van der Waals surface area contributed by atoms with Gasteiger partial charge in [-0.25, -0.2) is 9.97 Å². The Labute approximate surface area is 141 Å². The van der Waals surface area contributed by atoms with Crippen LogP contribution in [0.3, 0.4) is 0 Å². The van der Waals surface area contributed by atoms with Gasteiger partial charge >= 0.3 is 0 Å². The van der Waals surface area contributed by atoms with Crippen molar-refractivity contribution in [3.8, 4) is 5.75 Å². The number of nitrogens with zero attached hydrogens (tertiary/aromatic N) is 2. The number of benzene rings is 1. The van der Waals surface area contributed by atoms with Crippen LogP contribution in [0.15, 0.2) is 30.3 Å². The highest BCUT2D eigenvalue weighted by Gasteiger charge is 2.00. The molecule has 23 heavy (non-hydrogen) atoms. The van der Waals surface area contributed by atoms with Crippen molar-refractivity contribution in [2.75, 3.05) is 19.1 Å². The molecule has 3 N–H and O–H groups in total. The Hall–Kier alpha value is -2.41. The number of hydrogen-bond donors (Lipinski definition) is 3. The summed E-state index contributed by atoms with van der Waals surface area (Å²) in [6.45, 7) is 4.57. The second-order valence-electron chi connectivity index (χ2n) is 5.08. The fourth-order valence-electron chi connectivity index (χ4n) is 2.05. The Morgan fingerprint density at radius 3 is 2.39 bits per heavy atom. The molecule has 7 heteroatoms. The SMILES string of the molecule is COc1ccc(CCNC(=S)NNc2nc(C)cc(C)n2)cc1. The highest BCUT2D eigenvalue weighted by Crippen LogP contribution is 2.11. The van der Waals surface area contributed by atoms with Gasteiger partial charge in [0.25, 0.3) is 0 Å². The maximum Gasteiger partial charge on any atom is 0.242 e. The van der Waals surface area contributed by atoms with Crippen LogP contribution in [-0.4, -0.2) is 28.7 Å². The molecule has 2 aromatic rings. The van der Waals surface area contributed by atoms with Crippen molar-refractivity contribution in [3.05, 3.63) is 47.3 Å². The zero-order valence-electron chi connectivity index (χ0n) is 13.5. The lowest BCUT2D eigenvalue weighted by atomic mass is 10.1. The van der Waals surface area contributed by atoms with E-state index in [1.807, 2.05) is 44.2 Å². The van der Waals surface area contributed by atoms with Crippen LogP contribution in [0.25, 0.3) is 0 Å². The standard InChI is InChI=1S/C16H21N5OS/c1-11-10-12(2)19-15(18-11)20-21-16(23)17-9-8-13-4-6-14(22-3)7-5-13/h4-7,10H,8-9H2,1-3H3,(H2,17,21,23)(H,18,19,20). The van der Waals surface area contributed by atoms with E-state index in [4.69, 9.17) is 17.0 Å². The van der Waals surface area contributed by atoms with Gasteiger partial charge in [0.05, 0.1) is 7.11 Å². The van der Waals surface area contributed by atoms with Gasteiger partial charge in [0.1, 0.15) is 5.75 Å². The third-order valence-corrected chi connectivity index (χ3v) is 3.37. The van der Waals surface area contributed by atoms with Crippen molar-refractivity contribution in [1.82, 2.24) is 20.7 Å². The van der Waals surface area contributed by atoms with Crippen molar-refractivity contribution in [3.63, 3.8) is 0 Å². The lowest BCUT2D eigenvalue weighted by molar-refractivity contribution is 0.414. The molecule has 1 aromatic heterocycles. The number of aromatic nitrogens is 2. The van der Waals surface area contributed by atoms with E-state index in [9.17, 15) is 0 Å². The van der Waals surface area contributed by atoms with Crippen LogP contribution in [0.2, 0.25) is 0 Å². The molecule has 0 atom stereocenters. The lowest BCUT2D eigenvalue weighted by Gasteiger charge is -2.12. The fourth-order valence-corrected chi connectivity index (χ4v) is 2.20. The van der Waals surface area contributed by atoms with Gasteiger partial charge in [-0.2, -0.15) is 0 Å². The van der Waals surface area contributed by atoms with E-state index >= 15 is 0 Å². The fraction of sp³-hybridized carbons (Fsp3) is 0.312. The smallest absolute Gasteiger partial charge is 0.242 e. The van der Waals surface area contributed by atoms with Gasteiger partial charge in [0, 0.05) is 17.9 Å². The van der Waals surface area contributed by atoms with E-state index < -0.39 is 0 Å². The molecule has 0 aliphatic rings. The number of rotatable bonds is 6. The Morgan fingerprint density at radius 1 is 1.13 bits per heavy atom. The van der Waals surface area contributed by atoms with E-state index in [1.54, 1.807) is 7.11 Å². The highest BCUT2D eigenvalue weighted by molar-refractivity contribution is 7.80. The van der Waals surface area contributed by atoms with E-state index in [-0.39, 0.29) is 0 Å². The number of anilines is 1. The molecule has 0 saturated heterocycles. The lowest BCUT2D eigenvalue weighted by Crippen LogP contribution is -2.40. The molecule has 0 fully saturated rings. The molecule has 0 radical (unpaired) electrons. The summed E-state index contributed by atoms with van der Waals surface area (Å²) in [5, 5.41) is 3.63. The quantitative estimate of drug-likeness (QED) is 0.553. The second-order valence-corrected chi connectivity index (χ2v) is 5.49. The van der Waals surface area contributed by atoms with Crippen LogP contribution in [0, 0.1) is 13.8 Å². The van der Waals surface area contributed by atoms with Crippen molar-refractivity contribution >= 4 is 23.3 Å². The third kappa shape index (κ3) is 5.71. The maximum atomic E-state index is 5.21. The minimum absolute atomic E-state index is 0.501. The topological polar surface area (TPSA) is 71.1 Å². The first-order valence-electron chi connectivity index (χ1n) is 7.32. The Balaban J connectivity index is 1.72. The number of methoxy groups -OCH3 is 1. The maximum absolute atomic E-state index is 5.21. The molecule has 0 aliphatic carbocycles. The van der Waals surface area contributed by atoms with Gasteiger partial charge in [0.15, 0.2) is 5.11 Å². The van der Waals surface area contributed by atoms with E-state index in [1.165, 1.54) is 5.56 Å². The molecule has 1 aromatic carbocycles. The van der Waals surface area contributed by atoms with Crippen LogP contribution >= 0.6 is 12.2 Å². The minimum Gasteiger partial charge on any atom is -0.497 e. The van der Waals surface area contributed by atoms with Crippen molar-refractivity contribution in [2.24, 2.45) is 0 Å². The Bertz CT molecular complexity index is 640. The zero-order valence-corrected chi connectivity index (χ0v) is 14.3. The average molecular weight is 331 g/mol. The van der Waals surface area contributed by atoms with Crippen LogP contribution in [0.5, 0.6) is 5.75 Å². The predicted octanol–water partition coefficient (Wildman–Crippen LogP) is 2.14. The summed E-state index contributed by atoms with van der Waals surface area (Å²) in [6, 6.07) is 9.89. The summed E-state index contributed by atoms with van der Waals surface area (Å²) in [4.78, 5) is 8.53. The van der Waals surface area contributed by atoms with Gasteiger partial charge in [-0.1, -0.05) is 12.1 Å². The first-order valence-corrected chi connectivity index (χ1v) is 7.72. The summed E-state index contributed by atoms with van der Waals surface area (Å²) in [5.41, 5.74) is 8.80. The Kier molecular flexibility index (Phi) is 6.10. The molecule has 0 bridgehead atoms. The number of hydrazine groups is 1. The monoisotopic (exact) mass is 331 g/mol. The zero-order chi connectivity index (χ0) is 16.7. The number of thiocarbonyl (C=S) groups is 1. The number of nitrogens with one attached hydrogen (secondary N) is 3. The predicted molar refractivity (Wildman–Crippen MR) is 95.6 cm³/mol. The van der Waals surface area contributed by atoms with Crippen molar-refractivity contribution < 1.29 is 4.74 Å². The summed E-state index contributed by atoms with van der Waals surface area (Å²) in [7, 11) is 1.66. The normalized spacial score (nSPS) is 10.0. The van der Waals surface area contributed by atoms with Crippen molar-refractivity contribution in [1.29, 1.82) is 0 Å². The molecule has 0 amide bonds. The second kappa shape index (κ2) is 8.28. The van der Waals surface area contributed by atoms with E-state index in [0.29, 0.717) is 11.1 Å². The molecule has 0 saturated carbocycles. The first-order chi connectivity index (χ1) is 11.1. The van der Waals surface area contributed by atoms with Gasteiger partial charge in [-0.05, 0) is 56.2 Å². The molecule has 2 rings (SSSR count). The van der Waals surface area contributed by atoms with Crippen LogP contribution in [-0.2, 0) is 6.42 Å². The number of aryl methyl sites for hydroxylation is 2. The molecular weight excluding hydrogens is 310 g/mol. The molecule has 122 valence electrons. The van der Waals surface area contributed by atoms with Gasteiger partial charge in [-0.3, -0.25) is 10.9 Å². The molecule has 0 unspecified atom stereocenters. The van der Waals surface area contributed by atoms with Gasteiger partial charge < -0.3 is 10.1 Å². The number of hydrogen-bond acceptors (Lipinski definition) is 5. The average Bonchev–Trinajstić information content (AvgIpc) is 2.53. The first kappa shape index (κ1) is 17.0. The van der Waals surface area contributed by atoms with E-state index in [0.717, 1.165) is 30.1 Å². The third-order valence-electron chi connectivity index (χ3n) is 3.13. The number of ether oxygens (including phenoxy) is 1. The van der Waals surface area contributed by atoms with Crippen LogP contribution < -0.4 is 20.9 Å².